The van der Waals surface area contributed by atoms with E-state index in [2.05, 4.69) is 0 Å². The lowest BCUT2D eigenvalue weighted by Crippen LogP contribution is -2.49. The SMILES string of the molecule is O=C(NC(C(=O)O)C(=O)O)C(Cc1ccccc1)=S(=O)=O. The fraction of sp³-hybridized carbons (Fsp3) is 0.167. The minimum absolute atomic E-state index is 0.269. The van der Waals surface area contributed by atoms with E-state index in [9.17, 15) is 22.8 Å². The molecule has 0 spiro atoms. The van der Waals surface area contributed by atoms with Gasteiger partial charge in [0.05, 0.1) is 0 Å². The van der Waals surface area contributed by atoms with E-state index in [1.807, 2.05) is 0 Å². The molecule has 9 heteroatoms. The smallest absolute Gasteiger partial charge is 0.338 e. The van der Waals surface area contributed by atoms with Gasteiger partial charge in [-0.05, 0) is 5.56 Å². The van der Waals surface area contributed by atoms with Crippen LogP contribution >= 0.6 is 0 Å². The molecule has 8 nitrogen and oxygen atoms in total. The summed E-state index contributed by atoms with van der Waals surface area (Å²) in [5.74, 6) is -4.86. The number of carboxylic acids is 2. The maximum atomic E-state index is 11.7. The molecule has 0 unspecified atom stereocenters. The van der Waals surface area contributed by atoms with Crippen LogP contribution < -0.4 is 5.32 Å². The molecular weight excluding hydrogens is 302 g/mol. The maximum absolute atomic E-state index is 11.7. The molecule has 1 aromatic carbocycles. The van der Waals surface area contributed by atoms with E-state index in [4.69, 9.17) is 10.2 Å². The number of hydrogen-bond donors (Lipinski definition) is 3. The molecule has 3 N–H and O–H groups in total. The highest BCUT2D eigenvalue weighted by molar-refractivity contribution is 7.74. The van der Waals surface area contributed by atoms with Crippen LogP contribution in [0.5, 0.6) is 0 Å². The second-order valence-electron chi connectivity index (χ2n) is 3.90. The van der Waals surface area contributed by atoms with Crippen LogP contribution in [-0.2, 0) is 31.1 Å². The third-order valence-electron chi connectivity index (χ3n) is 2.43. The lowest BCUT2D eigenvalue weighted by molar-refractivity contribution is -0.152. The first kappa shape index (κ1) is 16.4. The summed E-state index contributed by atoms with van der Waals surface area (Å²) >= 11 is 0. The molecule has 1 rings (SSSR count). The third-order valence-corrected chi connectivity index (χ3v) is 3.16. The van der Waals surface area contributed by atoms with Gasteiger partial charge in [-0.1, -0.05) is 30.3 Å². The van der Waals surface area contributed by atoms with Crippen LogP contribution in [0, 0.1) is 0 Å². The van der Waals surface area contributed by atoms with Crippen LogP contribution in [0.1, 0.15) is 5.56 Å². The first-order chi connectivity index (χ1) is 9.82. The number of hydrogen-bond acceptors (Lipinski definition) is 5. The molecule has 0 radical (unpaired) electrons. The van der Waals surface area contributed by atoms with E-state index in [1.165, 1.54) is 0 Å². The lowest BCUT2D eigenvalue weighted by atomic mass is 10.1. The Morgan fingerprint density at radius 3 is 2.00 bits per heavy atom. The number of carbonyl (C=O) groups is 3. The second-order valence-corrected chi connectivity index (χ2v) is 4.87. The van der Waals surface area contributed by atoms with Crippen LogP contribution in [0.2, 0.25) is 0 Å². The summed E-state index contributed by atoms with van der Waals surface area (Å²) in [6.07, 6.45) is -0.269. The molecule has 0 fully saturated rings. The summed E-state index contributed by atoms with van der Waals surface area (Å²) in [7, 11) is -2.91. The highest BCUT2D eigenvalue weighted by Gasteiger charge is 2.29. The van der Waals surface area contributed by atoms with Crippen molar-refractivity contribution < 1.29 is 33.0 Å². The molecule has 0 atom stereocenters. The van der Waals surface area contributed by atoms with E-state index < -0.39 is 39.0 Å². The Hall–Kier alpha value is -2.68. The zero-order valence-corrected chi connectivity index (χ0v) is 11.3. The predicted molar refractivity (Wildman–Crippen MR) is 71.3 cm³/mol. The second kappa shape index (κ2) is 7.20. The maximum Gasteiger partial charge on any atom is 0.338 e. The highest BCUT2D eigenvalue weighted by Crippen LogP contribution is 2.01. The van der Waals surface area contributed by atoms with Gasteiger partial charge in [-0.25, -0.2) is 9.59 Å². The Morgan fingerprint density at radius 2 is 1.57 bits per heavy atom. The van der Waals surface area contributed by atoms with E-state index in [0.29, 0.717) is 5.56 Å². The molecule has 0 aliphatic rings. The number of carbonyl (C=O) groups excluding carboxylic acids is 1. The van der Waals surface area contributed by atoms with Crippen molar-refractivity contribution >= 4 is 33.0 Å². The molecule has 0 aliphatic carbocycles. The molecule has 112 valence electrons. The number of nitrogens with one attached hydrogen (secondary N) is 1. The summed E-state index contributed by atoms with van der Waals surface area (Å²) in [5, 5.41) is 18.9. The highest BCUT2D eigenvalue weighted by atomic mass is 32.2. The monoisotopic (exact) mass is 313 g/mol. The standard InChI is InChI=1S/C12H11NO7S/c14-10(13-9(11(15)16)12(17)18)8(21(19)20)6-7-4-2-1-3-5-7/h1-5,9H,6H2,(H,13,14)(H,15,16)(H,17,18). The average molecular weight is 313 g/mol. The number of carboxylic acid groups (broad SMARTS) is 2. The molecule has 1 aromatic rings. The summed E-state index contributed by atoms with van der Waals surface area (Å²) in [6.45, 7) is 0. The predicted octanol–water partition coefficient (Wildman–Crippen LogP) is -1.07. The summed E-state index contributed by atoms with van der Waals surface area (Å²) in [5.41, 5.74) is 0.508. The van der Waals surface area contributed by atoms with Crippen LogP contribution in [0.25, 0.3) is 0 Å². The molecule has 21 heavy (non-hydrogen) atoms. The van der Waals surface area contributed by atoms with Gasteiger partial charge >= 0.3 is 11.9 Å². The summed E-state index contributed by atoms with van der Waals surface area (Å²) in [4.78, 5) is 32.4. The van der Waals surface area contributed by atoms with Crippen LogP contribution in [0.3, 0.4) is 0 Å². The van der Waals surface area contributed by atoms with E-state index in [-0.39, 0.29) is 6.42 Å². The van der Waals surface area contributed by atoms with Crippen molar-refractivity contribution in [2.45, 2.75) is 12.5 Å². The van der Waals surface area contributed by atoms with Crippen molar-refractivity contribution in [1.82, 2.24) is 5.32 Å². The van der Waals surface area contributed by atoms with Crippen LogP contribution in [0.15, 0.2) is 30.3 Å². The van der Waals surface area contributed by atoms with Gasteiger partial charge < -0.3 is 15.5 Å². The van der Waals surface area contributed by atoms with Gasteiger partial charge in [-0.2, -0.15) is 8.42 Å². The number of rotatable bonds is 6. The first-order valence-electron chi connectivity index (χ1n) is 5.58. The zero-order valence-electron chi connectivity index (χ0n) is 10.5. The van der Waals surface area contributed by atoms with Crippen LogP contribution in [-0.4, -0.2) is 47.4 Å². The van der Waals surface area contributed by atoms with Gasteiger partial charge in [-0.15, -0.1) is 0 Å². The van der Waals surface area contributed by atoms with Gasteiger partial charge in [0.25, 0.3) is 5.91 Å². The Morgan fingerprint density at radius 1 is 1.05 bits per heavy atom. The first-order valence-corrected chi connectivity index (χ1v) is 6.66. The van der Waals surface area contributed by atoms with E-state index in [0.717, 1.165) is 0 Å². The zero-order chi connectivity index (χ0) is 16.0. The quantitative estimate of drug-likeness (QED) is 0.449. The van der Waals surface area contributed by atoms with Crippen LogP contribution in [0.4, 0.5) is 0 Å². The van der Waals surface area contributed by atoms with Gasteiger partial charge in [0.1, 0.15) is 4.86 Å². The molecule has 0 bridgehead atoms. The molecule has 1 amide bonds. The normalized spacial score (nSPS) is 9.95. The minimum atomic E-state index is -2.91. The van der Waals surface area contributed by atoms with Crippen molar-refractivity contribution in [2.75, 3.05) is 0 Å². The van der Waals surface area contributed by atoms with Gasteiger partial charge in [-0.3, -0.25) is 4.79 Å². The molecule has 0 saturated heterocycles. The lowest BCUT2D eigenvalue weighted by Gasteiger charge is -2.10. The third kappa shape index (κ3) is 4.73. The number of amides is 1. The number of benzene rings is 1. The molecule has 0 aromatic heterocycles. The van der Waals surface area contributed by atoms with E-state index in [1.54, 1.807) is 35.6 Å². The van der Waals surface area contributed by atoms with Crippen molar-refractivity contribution in [3.63, 3.8) is 0 Å². The van der Waals surface area contributed by atoms with Crippen molar-refractivity contribution in [3.05, 3.63) is 35.9 Å². The molecule has 0 saturated carbocycles. The van der Waals surface area contributed by atoms with Crippen molar-refractivity contribution in [1.29, 1.82) is 0 Å². The minimum Gasteiger partial charge on any atom is -0.479 e. The Labute approximate surface area is 120 Å². The molecule has 0 aliphatic heterocycles. The fourth-order valence-electron chi connectivity index (χ4n) is 1.44. The van der Waals surface area contributed by atoms with E-state index >= 15 is 0 Å². The molecular formula is C12H11NO7S. The average Bonchev–Trinajstić information content (AvgIpc) is 2.42. The van der Waals surface area contributed by atoms with Crippen molar-refractivity contribution in [3.8, 4) is 0 Å². The van der Waals surface area contributed by atoms with Gasteiger partial charge in [0, 0.05) is 6.42 Å². The largest absolute Gasteiger partial charge is 0.479 e. The van der Waals surface area contributed by atoms with Gasteiger partial charge in [0.2, 0.25) is 16.3 Å². The summed E-state index contributed by atoms with van der Waals surface area (Å²) in [6, 6.07) is 5.90. The number of aliphatic carboxylic acids is 2. The Bertz CT molecular complexity index is 672. The molecule has 0 heterocycles. The van der Waals surface area contributed by atoms with Gasteiger partial charge in [0.15, 0.2) is 0 Å². The van der Waals surface area contributed by atoms with Crippen molar-refractivity contribution in [2.24, 2.45) is 0 Å². The topological polar surface area (TPSA) is 138 Å². The summed E-state index contributed by atoms with van der Waals surface area (Å²) < 4.78 is 22.1. The fourth-order valence-corrected chi connectivity index (χ4v) is 1.93. The Balaban J connectivity index is 2.98. The Kier molecular flexibility index (Phi) is 5.61.